The first kappa shape index (κ1) is 17.4. The van der Waals surface area contributed by atoms with Crippen LogP contribution < -0.4 is 14.2 Å². The van der Waals surface area contributed by atoms with Crippen molar-refractivity contribution in [1.29, 1.82) is 0 Å². The number of ether oxygens (including phenoxy) is 3. The summed E-state index contributed by atoms with van der Waals surface area (Å²) >= 11 is 6.08. The van der Waals surface area contributed by atoms with Gasteiger partial charge in [-0.1, -0.05) is 17.7 Å². The molecule has 132 valence electrons. The van der Waals surface area contributed by atoms with E-state index >= 15 is 0 Å². The highest BCUT2D eigenvalue weighted by atomic mass is 35.5. The van der Waals surface area contributed by atoms with Crippen molar-refractivity contribution in [2.24, 2.45) is 0 Å². The maximum absolute atomic E-state index is 12.2. The molecule has 0 aliphatic carbocycles. The van der Waals surface area contributed by atoms with Crippen molar-refractivity contribution in [3.05, 3.63) is 52.5 Å². The Morgan fingerprint density at radius 1 is 1.28 bits per heavy atom. The molecule has 0 spiro atoms. The summed E-state index contributed by atoms with van der Waals surface area (Å²) in [4.78, 5) is 12.2. The zero-order valence-electron chi connectivity index (χ0n) is 13.1. The second-order valence-corrected chi connectivity index (χ2v) is 7.50. The highest BCUT2D eigenvalue weighted by molar-refractivity contribution is 7.92. The summed E-state index contributed by atoms with van der Waals surface area (Å²) < 4.78 is 40.5. The lowest BCUT2D eigenvalue weighted by Crippen LogP contribution is -2.11. The van der Waals surface area contributed by atoms with Gasteiger partial charge in [0.15, 0.2) is 11.5 Å². The molecule has 0 radical (unpaired) electrons. The number of carbonyl (C=O) groups is 1. The van der Waals surface area contributed by atoms with Crippen molar-refractivity contribution in [2.45, 2.75) is 6.61 Å². The Labute approximate surface area is 149 Å². The van der Waals surface area contributed by atoms with Crippen molar-refractivity contribution < 1.29 is 27.4 Å². The second kappa shape index (κ2) is 6.81. The molecule has 1 N–H and O–H groups in total. The van der Waals surface area contributed by atoms with Gasteiger partial charge in [0.25, 0.3) is 0 Å². The van der Waals surface area contributed by atoms with Crippen molar-refractivity contribution >= 4 is 33.3 Å². The average molecular weight is 384 g/mol. The van der Waals surface area contributed by atoms with Crippen LogP contribution >= 0.6 is 11.6 Å². The quantitative estimate of drug-likeness (QED) is 0.798. The standard InChI is InChI=1S/C16H14ClNO6S/c1-25(20,21)18-12-4-2-3-11(7-12)16(19)22-8-10-5-13(17)15-14(6-10)23-9-24-15/h2-7,18H,8-9H2,1H3. The smallest absolute Gasteiger partial charge is 0.338 e. The zero-order valence-corrected chi connectivity index (χ0v) is 14.7. The van der Waals surface area contributed by atoms with Crippen molar-refractivity contribution in [2.75, 3.05) is 17.8 Å². The molecule has 1 heterocycles. The summed E-state index contributed by atoms with van der Waals surface area (Å²) in [5.41, 5.74) is 1.15. The number of rotatable bonds is 5. The number of anilines is 1. The predicted octanol–water partition coefficient (Wildman–Crippen LogP) is 2.80. The predicted molar refractivity (Wildman–Crippen MR) is 91.6 cm³/mol. The van der Waals surface area contributed by atoms with Gasteiger partial charge in [0, 0.05) is 5.69 Å². The van der Waals surface area contributed by atoms with Crippen molar-refractivity contribution in [1.82, 2.24) is 0 Å². The van der Waals surface area contributed by atoms with Crippen LogP contribution in [0.25, 0.3) is 0 Å². The van der Waals surface area contributed by atoms with Gasteiger partial charge < -0.3 is 14.2 Å². The minimum atomic E-state index is -3.43. The molecule has 0 saturated carbocycles. The van der Waals surface area contributed by atoms with Gasteiger partial charge in [0.1, 0.15) is 6.61 Å². The minimum Gasteiger partial charge on any atom is -0.457 e. The number of sulfonamides is 1. The highest BCUT2D eigenvalue weighted by Crippen LogP contribution is 2.39. The molecule has 1 aliphatic rings. The molecular weight excluding hydrogens is 370 g/mol. The first-order valence-corrected chi connectivity index (χ1v) is 9.42. The van der Waals surface area contributed by atoms with Gasteiger partial charge in [-0.25, -0.2) is 13.2 Å². The summed E-state index contributed by atoms with van der Waals surface area (Å²) in [6.45, 7) is 0.0807. The maximum Gasteiger partial charge on any atom is 0.338 e. The molecule has 0 aromatic heterocycles. The fraction of sp³-hybridized carbons (Fsp3) is 0.188. The number of hydrogen-bond acceptors (Lipinski definition) is 6. The third-order valence-corrected chi connectivity index (χ3v) is 4.15. The molecule has 25 heavy (non-hydrogen) atoms. The number of carbonyl (C=O) groups excluding carboxylic acids is 1. The van der Waals surface area contributed by atoms with E-state index in [0.717, 1.165) is 6.26 Å². The average Bonchev–Trinajstić information content (AvgIpc) is 3.00. The molecule has 9 heteroatoms. The van der Waals surface area contributed by atoms with Crippen LogP contribution in [-0.2, 0) is 21.4 Å². The van der Waals surface area contributed by atoms with Crippen molar-refractivity contribution in [3.8, 4) is 11.5 Å². The van der Waals surface area contributed by atoms with E-state index < -0.39 is 16.0 Å². The number of benzene rings is 2. The van der Waals surface area contributed by atoms with Crippen LogP contribution in [0, 0.1) is 0 Å². The largest absolute Gasteiger partial charge is 0.457 e. The molecule has 0 amide bonds. The van der Waals surface area contributed by atoms with E-state index in [1.54, 1.807) is 18.2 Å². The van der Waals surface area contributed by atoms with Crippen LogP contribution in [0.3, 0.4) is 0 Å². The molecule has 7 nitrogen and oxygen atoms in total. The van der Waals surface area contributed by atoms with Gasteiger partial charge in [-0.05, 0) is 35.9 Å². The second-order valence-electron chi connectivity index (χ2n) is 5.34. The van der Waals surface area contributed by atoms with Crippen LogP contribution in [0.4, 0.5) is 5.69 Å². The monoisotopic (exact) mass is 383 g/mol. The SMILES string of the molecule is CS(=O)(=O)Nc1cccc(C(=O)OCc2cc(Cl)c3c(c2)OCO3)c1. The third kappa shape index (κ3) is 4.34. The topological polar surface area (TPSA) is 90.9 Å². The van der Waals surface area contributed by atoms with E-state index in [4.69, 9.17) is 25.8 Å². The van der Waals surface area contributed by atoms with Crippen LogP contribution in [0.5, 0.6) is 11.5 Å². The lowest BCUT2D eigenvalue weighted by Gasteiger charge is -2.08. The lowest BCUT2D eigenvalue weighted by atomic mass is 10.2. The summed E-state index contributed by atoms with van der Waals surface area (Å²) in [6, 6.07) is 9.34. The van der Waals surface area contributed by atoms with Crippen LogP contribution in [0.15, 0.2) is 36.4 Å². The number of nitrogens with one attached hydrogen (secondary N) is 1. The molecule has 0 fully saturated rings. The normalized spacial score (nSPS) is 12.7. The molecule has 0 unspecified atom stereocenters. The van der Waals surface area contributed by atoms with Gasteiger partial charge >= 0.3 is 5.97 Å². The van der Waals surface area contributed by atoms with Crippen molar-refractivity contribution in [3.63, 3.8) is 0 Å². The summed E-state index contributed by atoms with van der Waals surface area (Å²) in [7, 11) is -3.43. The van der Waals surface area contributed by atoms with Gasteiger partial charge in [0.2, 0.25) is 16.8 Å². The number of esters is 1. The molecule has 0 atom stereocenters. The highest BCUT2D eigenvalue weighted by Gasteiger charge is 2.19. The van der Waals surface area contributed by atoms with Gasteiger partial charge in [-0.2, -0.15) is 0 Å². The molecule has 2 aromatic carbocycles. The molecule has 2 aromatic rings. The van der Waals surface area contributed by atoms with E-state index in [1.165, 1.54) is 18.2 Å². The van der Waals surface area contributed by atoms with Crippen LogP contribution in [0.2, 0.25) is 5.02 Å². The Balaban J connectivity index is 1.69. The van der Waals surface area contributed by atoms with Gasteiger partial charge in [-0.3, -0.25) is 4.72 Å². The number of fused-ring (bicyclic) bond motifs is 1. The molecule has 1 aliphatic heterocycles. The molecule has 0 bridgehead atoms. The summed E-state index contributed by atoms with van der Waals surface area (Å²) in [5, 5.41) is 0.375. The Morgan fingerprint density at radius 3 is 2.84 bits per heavy atom. The molecule has 3 rings (SSSR count). The van der Waals surface area contributed by atoms with E-state index in [9.17, 15) is 13.2 Å². The number of hydrogen-bond donors (Lipinski definition) is 1. The third-order valence-electron chi connectivity index (χ3n) is 3.26. The van der Waals surface area contributed by atoms with Gasteiger partial charge in [0.05, 0.1) is 16.8 Å². The summed E-state index contributed by atoms with van der Waals surface area (Å²) in [6.07, 6.45) is 1.03. The first-order chi connectivity index (χ1) is 11.8. The van der Waals surface area contributed by atoms with Crippen LogP contribution in [-0.4, -0.2) is 27.4 Å². The Hall–Kier alpha value is -2.45. The van der Waals surface area contributed by atoms with E-state index in [-0.39, 0.29) is 24.7 Å². The number of halogens is 1. The van der Waals surface area contributed by atoms with E-state index in [0.29, 0.717) is 22.1 Å². The summed E-state index contributed by atoms with van der Waals surface area (Å²) in [5.74, 6) is 0.375. The minimum absolute atomic E-state index is 0.0150. The van der Waals surface area contributed by atoms with E-state index in [1.807, 2.05) is 0 Å². The molecule has 0 saturated heterocycles. The maximum atomic E-state index is 12.2. The Kier molecular flexibility index (Phi) is 4.73. The van der Waals surface area contributed by atoms with Crippen LogP contribution in [0.1, 0.15) is 15.9 Å². The van der Waals surface area contributed by atoms with Gasteiger partial charge in [-0.15, -0.1) is 0 Å². The zero-order chi connectivity index (χ0) is 18.0. The first-order valence-electron chi connectivity index (χ1n) is 7.15. The fourth-order valence-electron chi connectivity index (χ4n) is 2.26. The Bertz CT molecular complexity index is 928. The van der Waals surface area contributed by atoms with E-state index in [2.05, 4.69) is 4.72 Å². The lowest BCUT2D eigenvalue weighted by molar-refractivity contribution is 0.0472. The Morgan fingerprint density at radius 2 is 2.08 bits per heavy atom. The fourth-order valence-corrected chi connectivity index (χ4v) is 3.10. The molecular formula is C16H14ClNO6S.